The molecule has 2 N–H and O–H groups in total. The number of amides is 2. The number of hydrogen-bond donors (Lipinski definition) is 2. The molecule has 3 rings (SSSR count). The van der Waals surface area contributed by atoms with Crippen molar-refractivity contribution in [3.8, 4) is 0 Å². The van der Waals surface area contributed by atoms with E-state index >= 15 is 0 Å². The van der Waals surface area contributed by atoms with Crippen molar-refractivity contribution in [1.82, 2.24) is 0 Å². The first-order valence-corrected chi connectivity index (χ1v) is 8.86. The number of rotatable bonds is 4. The Morgan fingerprint density at radius 3 is 2.88 bits per heavy atom. The highest BCUT2D eigenvalue weighted by atomic mass is 32.2. The van der Waals surface area contributed by atoms with Gasteiger partial charge in [0.2, 0.25) is 11.8 Å². The number of methoxy groups -OCH3 is 1. The number of benzene rings is 1. The van der Waals surface area contributed by atoms with Crippen molar-refractivity contribution >= 4 is 51.6 Å². The minimum Gasteiger partial charge on any atom is -0.465 e. The van der Waals surface area contributed by atoms with Crippen molar-refractivity contribution in [1.29, 1.82) is 0 Å². The van der Waals surface area contributed by atoms with E-state index in [4.69, 9.17) is 0 Å². The molecular formula is C16H14N2O4S2. The Morgan fingerprint density at radius 1 is 1.29 bits per heavy atom. The van der Waals surface area contributed by atoms with E-state index in [0.29, 0.717) is 10.6 Å². The fourth-order valence-electron chi connectivity index (χ4n) is 2.25. The molecule has 0 radical (unpaired) electrons. The van der Waals surface area contributed by atoms with E-state index in [1.165, 1.54) is 30.2 Å². The number of para-hydroxylation sites is 1. The summed E-state index contributed by atoms with van der Waals surface area (Å²) < 4.78 is 4.67. The van der Waals surface area contributed by atoms with Crippen LogP contribution in [0.5, 0.6) is 0 Å². The average Bonchev–Trinajstić information content (AvgIpc) is 3.02. The number of esters is 1. The first-order chi connectivity index (χ1) is 11.6. The molecule has 0 fully saturated rings. The zero-order chi connectivity index (χ0) is 17.1. The second-order valence-corrected chi connectivity index (χ2v) is 7.16. The molecule has 0 saturated carbocycles. The Bertz CT molecular complexity index is 803. The molecule has 6 nitrogen and oxygen atoms in total. The lowest BCUT2D eigenvalue weighted by atomic mass is 10.2. The molecule has 1 aliphatic heterocycles. The lowest BCUT2D eigenvalue weighted by molar-refractivity contribution is -0.120. The van der Waals surface area contributed by atoms with E-state index in [9.17, 15) is 14.4 Å². The Hall–Kier alpha value is -2.32. The molecule has 1 atom stereocenters. The zero-order valence-corrected chi connectivity index (χ0v) is 14.3. The Kier molecular flexibility index (Phi) is 4.86. The van der Waals surface area contributed by atoms with Gasteiger partial charge in [-0.2, -0.15) is 0 Å². The van der Waals surface area contributed by atoms with Gasteiger partial charge in [0.25, 0.3) is 0 Å². The number of ether oxygens (including phenoxy) is 1. The molecule has 0 spiro atoms. The number of anilines is 2. The number of carbonyl (C=O) groups is 3. The summed E-state index contributed by atoms with van der Waals surface area (Å²) in [7, 11) is 1.28. The molecule has 124 valence electrons. The first kappa shape index (κ1) is 16.5. The number of thioether (sulfide) groups is 1. The van der Waals surface area contributed by atoms with Crippen LogP contribution in [0.3, 0.4) is 0 Å². The van der Waals surface area contributed by atoms with Gasteiger partial charge in [-0.3, -0.25) is 9.59 Å². The second kappa shape index (κ2) is 7.06. The van der Waals surface area contributed by atoms with Crippen molar-refractivity contribution in [2.24, 2.45) is 0 Å². The summed E-state index contributed by atoms with van der Waals surface area (Å²) in [5.41, 5.74) is 1.07. The van der Waals surface area contributed by atoms with Crippen LogP contribution in [0.15, 0.2) is 40.6 Å². The van der Waals surface area contributed by atoms with Gasteiger partial charge in [0.1, 0.15) is 5.00 Å². The summed E-state index contributed by atoms with van der Waals surface area (Å²) in [6.45, 7) is 0. The van der Waals surface area contributed by atoms with Gasteiger partial charge < -0.3 is 15.4 Å². The number of nitrogens with one attached hydrogen (secondary N) is 2. The molecule has 1 aromatic carbocycles. The molecule has 24 heavy (non-hydrogen) atoms. The molecule has 0 unspecified atom stereocenters. The molecule has 2 heterocycles. The molecular weight excluding hydrogens is 348 g/mol. The van der Waals surface area contributed by atoms with E-state index in [1.807, 2.05) is 24.3 Å². The minimum absolute atomic E-state index is 0.0172. The summed E-state index contributed by atoms with van der Waals surface area (Å²) in [6.07, 6.45) is 0.0172. The number of carbonyl (C=O) groups excluding carboxylic acids is 3. The lowest BCUT2D eigenvalue weighted by Crippen LogP contribution is -2.32. The Morgan fingerprint density at radius 2 is 2.08 bits per heavy atom. The van der Waals surface area contributed by atoms with Gasteiger partial charge in [-0.15, -0.1) is 23.1 Å². The van der Waals surface area contributed by atoms with Crippen molar-refractivity contribution in [2.45, 2.75) is 16.6 Å². The van der Waals surface area contributed by atoms with Gasteiger partial charge in [0.05, 0.1) is 23.6 Å². The fraction of sp³-hybridized carbons (Fsp3) is 0.188. The smallest absolute Gasteiger partial charge is 0.340 e. The van der Waals surface area contributed by atoms with Crippen LogP contribution in [0.4, 0.5) is 10.7 Å². The largest absolute Gasteiger partial charge is 0.465 e. The summed E-state index contributed by atoms with van der Waals surface area (Å²) in [5, 5.41) is 7.09. The summed E-state index contributed by atoms with van der Waals surface area (Å²) in [4.78, 5) is 36.9. The van der Waals surface area contributed by atoms with Crippen LogP contribution in [0.25, 0.3) is 0 Å². The molecule has 0 saturated heterocycles. The van der Waals surface area contributed by atoms with E-state index in [2.05, 4.69) is 15.4 Å². The normalized spacial score (nSPS) is 16.0. The monoisotopic (exact) mass is 362 g/mol. The molecule has 0 bridgehead atoms. The highest BCUT2D eigenvalue weighted by molar-refractivity contribution is 8.01. The van der Waals surface area contributed by atoms with E-state index < -0.39 is 11.2 Å². The zero-order valence-electron chi connectivity index (χ0n) is 12.7. The molecule has 1 aliphatic rings. The maximum atomic E-state index is 12.2. The van der Waals surface area contributed by atoms with Crippen LogP contribution in [0.2, 0.25) is 0 Å². The highest BCUT2D eigenvalue weighted by Crippen LogP contribution is 2.36. The number of fused-ring (bicyclic) bond motifs is 1. The summed E-state index contributed by atoms with van der Waals surface area (Å²) in [5.74, 6) is -1.03. The predicted molar refractivity (Wildman–Crippen MR) is 93.6 cm³/mol. The SMILES string of the molecule is COC(=O)c1ccsc1NC(=O)C[C@H]1Sc2ccccc2NC1=O. The maximum absolute atomic E-state index is 12.2. The standard InChI is InChI=1S/C16H14N2O4S2/c1-22-16(21)9-6-7-23-15(9)18-13(19)8-12-14(20)17-10-4-2-3-5-11(10)24-12/h2-7,12H,8H2,1H3,(H,17,20)(H,18,19)/t12-/m1/s1. The number of hydrogen-bond acceptors (Lipinski definition) is 6. The highest BCUT2D eigenvalue weighted by Gasteiger charge is 2.29. The predicted octanol–water partition coefficient (Wildman–Crippen LogP) is 2.98. The van der Waals surface area contributed by atoms with Crippen LogP contribution >= 0.6 is 23.1 Å². The average molecular weight is 362 g/mol. The van der Waals surface area contributed by atoms with Crippen molar-refractivity contribution < 1.29 is 19.1 Å². The topological polar surface area (TPSA) is 84.5 Å². The van der Waals surface area contributed by atoms with E-state index in [1.54, 1.807) is 11.4 Å². The molecule has 1 aromatic heterocycles. The van der Waals surface area contributed by atoms with Crippen molar-refractivity contribution in [3.63, 3.8) is 0 Å². The van der Waals surface area contributed by atoms with Gasteiger partial charge >= 0.3 is 5.97 Å². The maximum Gasteiger partial charge on any atom is 0.340 e. The molecule has 2 aromatic rings. The molecule has 2 amide bonds. The van der Waals surface area contributed by atoms with E-state index in [-0.39, 0.29) is 18.2 Å². The third-order valence-electron chi connectivity index (χ3n) is 3.40. The quantitative estimate of drug-likeness (QED) is 0.817. The van der Waals surface area contributed by atoms with Gasteiger partial charge in [-0.1, -0.05) is 12.1 Å². The Labute approximate surface area is 146 Å². The van der Waals surface area contributed by atoms with Crippen LogP contribution in [-0.2, 0) is 14.3 Å². The molecule has 0 aliphatic carbocycles. The van der Waals surface area contributed by atoms with Crippen LogP contribution in [0, 0.1) is 0 Å². The van der Waals surface area contributed by atoms with Crippen molar-refractivity contribution in [3.05, 3.63) is 41.3 Å². The second-order valence-electron chi connectivity index (χ2n) is 5.00. The third kappa shape index (κ3) is 3.44. The minimum atomic E-state index is -0.513. The van der Waals surface area contributed by atoms with E-state index in [0.717, 1.165) is 10.6 Å². The number of thiophene rings is 1. The van der Waals surface area contributed by atoms with Crippen LogP contribution in [0.1, 0.15) is 16.8 Å². The van der Waals surface area contributed by atoms with Gasteiger partial charge in [0.15, 0.2) is 0 Å². The third-order valence-corrected chi connectivity index (χ3v) is 5.51. The first-order valence-electron chi connectivity index (χ1n) is 7.10. The van der Waals surface area contributed by atoms with Gasteiger partial charge in [0, 0.05) is 11.3 Å². The van der Waals surface area contributed by atoms with Crippen LogP contribution in [-0.4, -0.2) is 30.1 Å². The van der Waals surface area contributed by atoms with Gasteiger partial charge in [-0.05, 0) is 23.6 Å². The van der Waals surface area contributed by atoms with Crippen molar-refractivity contribution in [2.75, 3.05) is 17.7 Å². The Balaban J connectivity index is 1.67. The summed E-state index contributed by atoms with van der Waals surface area (Å²) >= 11 is 2.59. The van der Waals surface area contributed by atoms with Crippen LogP contribution < -0.4 is 10.6 Å². The fourth-order valence-corrected chi connectivity index (χ4v) is 4.15. The lowest BCUT2D eigenvalue weighted by Gasteiger charge is -2.23. The van der Waals surface area contributed by atoms with Gasteiger partial charge in [-0.25, -0.2) is 4.79 Å². The summed E-state index contributed by atoms with van der Waals surface area (Å²) in [6, 6.07) is 9.04. The molecule has 8 heteroatoms.